The van der Waals surface area contributed by atoms with Crippen molar-refractivity contribution < 1.29 is 23.7 Å². The van der Waals surface area contributed by atoms with E-state index in [9.17, 15) is 4.79 Å². The molecule has 35 heavy (non-hydrogen) atoms. The third-order valence-corrected chi connectivity index (χ3v) is 6.40. The van der Waals surface area contributed by atoms with Gasteiger partial charge in [0.2, 0.25) is 5.75 Å². The zero-order valence-corrected chi connectivity index (χ0v) is 20.8. The smallest absolute Gasteiger partial charge is 0.267 e. The number of carbonyl (C=O) groups is 1. The van der Waals surface area contributed by atoms with Crippen LogP contribution in [0, 0.1) is 0 Å². The molecule has 0 aromatic heterocycles. The highest BCUT2D eigenvalue weighted by Gasteiger charge is 2.34. The molecule has 3 aromatic rings. The Morgan fingerprint density at radius 2 is 1.54 bits per heavy atom. The highest BCUT2D eigenvalue weighted by atomic mass is 32.2. The Morgan fingerprint density at radius 3 is 2.17 bits per heavy atom. The molecule has 1 fully saturated rings. The van der Waals surface area contributed by atoms with Gasteiger partial charge in [0.1, 0.15) is 5.75 Å². The summed E-state index contributed by atoms with van der Waals surface area (Å²) in [6.45, 7) is 0.377. The first-order valence-electron chi connectivity index (χ1n) is 10.8. The Labute approximate surface area is 209 Å². The van der Waals surface area contributed by atoms with Crippen molar-refractivity contribution in [2.24, 2.45) is 4.99 Å². The Kier molecular flexibility index (Phi) is 7.62. The molecule has 8 heteroatoms. The zero-order chi connectivity index (χ0) is 24.8. The first-order valence-corrected chi connectivity index (χ1v) is 11.7. The number of para-hydroxylation sites is 1. The molecule has 3 aromatic carbocycles. The molecule has 0 saturated carbocycles. The van der Waals surface area contributed by atoms with Crippen molar-refractivity contribution in [3.05, 3.63) is 82.8 Å². The maximum atomic E-state index is 13.5. The fourth-order valence-electron chi connectivity index (χ4n) is 3.64. The molecule has 1 saturated heterocycles. The maximum absolute atomic E-state index is 13.5. The second kappa shape index (κ2) is 11.0. The standard InChI is InChI=1S/C27H26N2O5S/c1-31-21-13-10-18(11-14-21)17-29-26(30)23(35-27(29)28-20-8-6-5-7-9-20)16-19-12-15-22(32-2)25(34-4)24(19)33-3/h5-16H,17H2,1-4H3/b23-16-,28-27?. The minimum absolute atomic E-state index is 0.141. The number of benzene rings is 3. The van der Waals surface area contributed by atoms with Crippen LogP contribution in [-0.2, 0) is 11.3 Å². The summed E-state index contributed by atoms with van der Waals surface area (Å²) in [6.07, 6.45) is 1.79. The van der Waals surface area contributed by atoms with E-state index in [1.54, 1.807) is 45.5 Å². The van der Waals surface area contributed by atoms with Crippen LogP contribution >= 0.6 is 11.8 Å². The van der Waals surface area contributed by atoms with Crippen molar-refractivity contribution in [1.82, 2.24) is 4.90 Å². The van der Waals surface area contributed by atoms with Crippen molar-refractivity contribution in [2.75, 3.05) is 28.4 Å². The lowest BCUT2D eigenvalue weighted by atomic mass is 10.1. The van der Waals surface area contributed by atoms with Crippen LogP contribution in [0.25, 0.3) is 6.08 Å². The van der Waals surface area contributed by atoms with E-state index in [2.05, 4.69) is 0 Å². The fraction of sp³-hybridized carbons (Fsp3) is 0.185. The minimum Gasteiger partial charge on any atom is -0.497 e. The largest absolute Gasteiger partial charge is 0.497 e. The van der Waals surface area contributed by atoms with Crippen LogP contribution in [0.4, 0.5) is 5.69 Å². The van der Waals surface area contributed by atoms with Crippen LogP contribution in [0.15, 0.2) is 76.6 Å². The number of hydrogen-bond donors (Lipinski definition) is 0. The molecular formula is C27H26N2O5S. The molecule has 180 valence electrons. The van der Waals surface area contributed by atoms with Gasteiger partial charge in [-0.3, -0.25) is 9.69 Å². The number of thioether (sulfide) groups is 1. The number of hydrogen-bond acceptors (Lipinski definition) is 7. The topological polar surface area (TPSA) is 69.6 Å². The molecule has 0 bridgehead atoms. The Balaban J connectivity index is 1.73. The summed E-state index contributed by atoms with van der Waals surface area (Å²) in [5, 5.41) is 0.600. The Bertz CT molecular complexity index is 1260. The lowest BCUT2D eigenvalue weighted by Crippen LogP contribution is -2.28. The van der Waals surface area contributed by atoms with E-state index in [0.717, 1.165) is 17.0 Å². The number of amides is 1. The number of carbonyl (C=O) groups excluding carboxylic acids is 1. The summed E-state index contributed by atoms with van der Waals surface area (Å²) in [6, 6.07) is 20.8. The third kappa shape index (κ3) is 5.27. The summed E-state index contributed by atoms with van der Waals surface area (Å²) < 4.78 is 21.7. The number of amidine groups is 1. The molecule has 0 unspecified atom stereocenters. The molecule has 1 amide bonds. The predicted molar refractivity (Wildman–Crippen MR) is 139 cm³/mol. The SMILES string of the molecule is COc1ccc(CN2C(=O)/C(=C/c3ccc(OC)c(OC)c3OC)SC2=Nc2ccccc2)cc1. The monoisotopic (exact) mass is 490 g/mol. The van der Waals surface area contributed by atoms with E-state index < -0.39 is 0 Å². The quantitative estimate of drug-likeness (QED) is 0.387. The van der Waals surface area contributed by atoms with Gasteiger partial charge >= 0.3 is 0 Å². The van der Waals surface area contributed by atoms with Gasteiger partial charge in [0.25, 0.3) is 5.91 Å². The lowest BCUT2D eigenvalue weighted by Gasteiger charge is -2.16. The van der Waals surface area contributed by atoms with Crippen molar-refractivity contribution in [3.63, 3.8) is 0 Å². The van der Waals surface area contributed by atoms with Crippen LogP contribution in [0.2, 0.25) is 0 Å². The van der Waals surface area contributed by atoms with Gasteiger partial charge in [-0.2, -0.15) is 0 Å². The number of aliphatic imine (C=N–C) groups is 1. The summed E-state index contributed by atoms with van der Waals surface area (Å²) in [7, 11) is 6.30. The Morgan fingerprint density at radius 1 is 0.829 bits per heavy atom. The first-order chi connectivity index (χ1) is 17.1. The van der Waals surface area contributed by atoms with Crippen molar-refractivity contribution in [3.8, 4) is 23.0 Å². The van der Waals surface area contributed by atoms with E-state index in [0.29, 0.717) is 39.4 Å². The van der Waals surface area contributed by atoms with E-state index in [1.165, 1.54) is 11.8 Å². The van der Waals surface area contributed by atoms with Crippen LogP contribution < -0.4 is 18.9 Å². The summed E-state index contributed by atoms with van der Waals surface area (Å²) in [5.74, 6) is 2.12. The third-order valence-electron chi connectivity index (χ3n) is 5.39. The van der Waals surface area contributed by atoms with E-state index in [1.807, 2.05) is 60.7 Å². The minimum atomic E-state index is -0.141. The molecule has 0 N–H and O–H groups in total. The molecule has 0 atom stereocenters. The normalized spacial score (nSPS) is 15.5. The summed E-state index contributed by atoms with van der Waals surface area (Å²) in [4.78, 5) is 20.5. The molecule has 4 rings (SSSR count). The molecular weight excluding hydrogens is 464 g/mol. The van der Waals surface area contributed by atoms with Crippen molar-refractivity contribution >= 4 is 34.6 Å². The van der Waals surface area contributed by atoms with E-state index in [-0.39, 0.29) is 5.91 Å². The first kappa shape index (κ1) is 24.2. The number of nitrogens with zero attached hydrogens (tertiary/aromatic N) is 2. The molecule has 0 aliphatic carbocycles. The molecule has 0 radical (unpaired) electrons. The van der Waals surface area contributed by atoms with Crippen LogP contribution in [-0.4, -0.2) is 44.4 Å². The van der Waals surface area contributed by atoms with Gasteiger partial charge in [-0.25, -0.2) is 4.99 Å². The van der Waals surface area contributed by atoms with E-state index in [4.69, 9.17) is 23.9 Å². The van der Waals surface area contributed by atoms with Gasteiger partial charge in [0, 0.05) is 5.56 Å². The van der Waals surface area contributed by atoms with Gasteiger partial charge < -0.3 is 18.9 Å². The van der Waals surface area contributed by atoms with E-state index >= 15 is 0 Å². The van der Waals surface area contributed by atoms with Gasteiger partial charge in [0.15, 0.2) is 16.7 Å². The average Bonchev–Trinajstić information content (AvgIpc) is 3.18. The van der Waals surface area contributed by atoms with Gasteiger partial charge in [0.05, 0.1) is 45.6 Å². The van der Waals surface area contributed by atoms with Crippen molar-refractivity contribution in [2.45, 2.75) is 6.54 Å². The second-order valence-electron chi connectivity index (χ2n) is 7.50. The fourth-order valence-corrected chi connectivity index (χ4v) is 4.63. The highest BCUT2D eigenvalue weighted by Crippen LogP contribution is 2.43. The maximum Gasteiger partial charge on any atom is 0.267 e. The second-order valence-corrected chi connectivity index (χ2v) is 8.51. The predicted octanol–water partition coefficient (Wildman–Crippen LogP) is 5.53. The molecule has 7 nitrogen and oxygen atoms in total. The van der Waals surface area contributed by atoms with Gasteiger partial charge in [-0.05, 0) is 59.8 Å². The van der Waals surface area contributed by atoms with Crippen LogP contribution in [0.5, 0.6) is 23.0 Å². The number of ether oxygens (including phenoxy) is 4. The van der Waals surface area contributed by atoms with Crippen molar-refractivity contribution in [1.29, 1.82) is 0 Å². The average molecular weight is 491 g/mol. The lowest BCUT2D eigenvalue weighted by molar-refractivity contribution is -0.122. The van der Waals surface area contributed by atoms with Gasteiger partial charge in [-0.15, -0.1) is 0 Å². The summed E-state index contributed by atoms with van der Waals surface area (Å²) >= 11 is 1.32. The van der Waals surface area contributed by atoms with Crippen LogP contribution in [0.1, 0.15) is 11.1 Å². The van der Waals surface area contributed by atoms with Gasteiger partial charge in [-0.1, -0.05) is 30.3 Å². The zero-order valence-electron chi connectivity index (χ0n) is 20.0. The van der Waals surface area contributed by atoms with Crippen LogP contribution in [0.3, 0.4) is 0 Å². The molecule has 0 spiro atoms. The Hall–Kier alpha value is -3.91. The molecule has 1 heterocycles. The number of methoxy groups -OCH3 is 4. The summed E-state index contributed by atoms with van der Waals surface area (Å²) in [5.41, 5.74) is 2.43. The number of rotatable bonds is 8. The molecule has 1 aliphatic rings. The molecule has 1 aliphatic heterocycles. The highest BCUT2D eigenvalue weighted by molar-refractivity contribution is 8.18.